The monoisotopic (exact) mass is 290 g/mol. The van der Waals surface area contributed by atoms with E-state index in [9.17, 15) is 9.59 Å². The summed E-state index contributed by atoms with van der Waals surface area (Å²) in [5.41, 5.74) is 0. The molecule has 1 heterocycles. The van der Waals surface area contributed by atoms with Crippen molar-refractivity contribution in [2.24, 2.45) is 5.92 Å². The molecule has 0 aromatic carbocycles. The van der Waals surface area contributed by atoms with Gasteiger partial charge in [0.15, 0.2) is 0 Å². The Morgan fingerprint density at radius 2 is 1.65 bits per heavy atom. The number of allylic oxidation sites excluding steroid dienone is 1. The fourth-order valence-electron chi connectivity index (χ4n) is 2.30. The van der Waals surface area contributed by atoms with Crippen LogP contribution in [0.25, 0.3) is 0 Å². The Hall–Kier alpha value is -0.120. The van der Waals surface area contributed by atoms with Crippen LogP contribution in [0.5, 0.6) is 0 Å². The molecule has 0 aromatic heterocycles. The first-order chi connectivity index (χ1) is 9.24. The van der Waals surface area contributed by atoms with Gasteiger partial charge in [-0.3, -0.25) is 9.59 Å². The number of unbranched alkanes of at least 4 members (excludes halogenated alkanes) is 8. The predicted molar refractivity (Wildman–Crippen MR) is 82.7 cm³/mol. The van der Waals surface area contributed by atoms with Crippen molar-refractivity contribution in [3.05, 3.63) is 12.2 Å². The number of esters is 2. The molecule has 3 nitrogen and oxygen atoms in total. The summed E-state index contributed by atoms with van der Waals surface area (Å²) in [5, 5.41) is 0. The van der Waals surface area contributed by atoms with Gasteiger partial charge in [-0.2, -0.15) is 0 Å². The first-order valence-electron chi connectivity index (χ1n) is 7.65. The molecule has 20 heavy (non-hydrogen) atoms. The van der Waals surface area contributed by atoms with E-state index < -0.39 is 11.9 Å². The number of hydrogen-bond donors (Lipinski definition) is 0. The van der Waals surface area contributed by atoms with Crippen LogP contribution in [-0.2, 0) is 14.3 Å². The molecule has 1 atom stereocenters. The van der Waals surface area contributed by atoms with Crippen LogP contribution in [0.3, 0.4) is 0 Å². The third-order valence-electron chi connectivity index (χ3n) is 3.50. The molecule has 1 aliphatic heterocycles. The maximum atomic E-state index is 11.2. The number of hydrogen-bond acceptors (Lipinski definition) is 3. The Morgan fingerprint density at radius 3 is 2.20 bits per heavy atom. The van der Waals surface area contributed by atoms with E-state index in [-0.39, 0.29) is 41.9 Å². The van der Waals surface area contributed by atoms with Gasteiger partial charge in [0, 0.05) is 0 Å². The van der Waals surface area contributed by atoms with Crippen molar-refractivity contribution < 1.29 is 14.3 Å². The molecule has 0 aliphatic carbocycles. The van der Waals surface area contributed by atoms with Crippen LogP contribution in [0.15, 0.2) is 12.2 Å². The van der Waals surface area contributed by atoms with Crippen LogP contribution in [0.4, 0.5) is 0 Å². The summed E-state index contributed by atoms with van der Waals surface area (Å²) in [4.78, 5) is 22.1. The quantitative estimate of drug-likeness (QED) is 0.203. The third kappa shape index (κ3) is 8.93. The third-order valence-corrected chi connectivity index (χ3v) is 3.50. The molecule has 0 bridgehead atoms. The van der Waals surface area contributed by atoms with E-state index in [2.05, 4.69) is 11.7 Å². The zero-order chi connectivity index (χ0) is 13.9. The Bertz CT molecular complexity index is 313. The van der Waals surface area contributed by atoms with Crippen molar-refractivity contribution in [2.75, 3.05) is 0 Å². The van der Waals surface area contributed by atoms with Gasteiger partial charge in [-0.15, -0.1) is 0 Å². The van der Waals surface area contributed by atoms with Gasteiger partial charge in [0.2, 0.25) is 0 Å². The summed E-state index contributed by atoms with van der Waals surface area (Å²) >= 11 is 0. The average Bonchev–Trinajstić information content (AvgIpc) is 2.70. The van der Waals surface area contributed by atoms with Gasteiger partial charge in [-0.1, -0.05) is 64.0 Å². The van der Waals surface area contributed by atoms with Crippen molar-refractivity contribution >= 4 is 41.5 Å². The summed E-state index contributed by atoms with van der Waals surface area (Å²) in [7, 11) is 0. The Balaban J connectivity index is 0.00000361. The fourth-order valence-corrected chi connectivity index (χ4v) is 2.30. The van der Waals surface area contributed by atoms with Gasteiger partial charge in [-0.05, 0) is 12.8 Å². The molecular weight excluding hydrogens is 263 g/mol. The predicted octanol–water partition coefficient (Wildman–Crippen LogP) is 3.51. The second kappa shape index (κ2) is 12.6. The Kier molecular flexibility index (Phi) is 12.5. The van der Waals surface area contributed by atoms with Crippen molar-refractivity contribution in [3.63, 3.8) is 0 Å². The van der Waals surface area contributed by atoms with Crippen LogP contribution in [-0.4, -0.2) is 41.5 Å². The van der Waals surface area contributed by atoms with E-state index in [4.69, 9.17) is 0 Å². The van der Waals surface area contributed by atoms with Crippen LogP contribution >= 0.6 is 0 Å². The number of ether oxygens (including phenoxy) is 1. The van der Waals surface area contributed by atoms with E-state index in [0.29, 0.717) is 0 Å². The minimum atomic E-state index is -0.397. The molecule has 1 aliphatic rings. The van der Waals surface area contributed by atoms with Crippen molar-refractivity contribution in [1.29, 1.82) is 0 Å². The molecule has 0 saturated carbocycles. The number of rotatable bonds is 10. The number of carbonyl (C=O) groups is 2. The van der Waals surface area contributed by atoms with Gasteiger partial charge in [-0.25, -0.2) is 0 Å². The molecule has 0 spiro atoms. The summed E-state index contributed by atoms with van der Waals surface area (Å²) in [6.07, 6.45) is 15.5. The molecular formula is C16H27NaO3. The zero-order valence-electron chi connectivity index (χ0n) is 12.0. The van der Waals surface area contributed by atoms with Crippen LogP contribution in [0.1, 0.15) is 71.1 Å². The average molecular weight is 290 g/mol. The van der Waals surface area contributed by atoms with Crippen molar-refractivity contribution in [2.45, 2.75) is 71.1 Å². The van der Waals surface area contributed by atoms with Crippen molar-refractivity contribution in [1.82, 2.24) is 0 Å². The fraction of sp³-hybridized carbons (Fsp3) is 0.750. The molecule has 110 valence electrons. The van der Waals surface area contributed by atoms with Crippen LogP contribution < -0.4 is 0 Å². The molecule has 1 saturated heterocycles. The number of carbonyl (C=O) groups excluding carboxylic acids is 2. The molecule has 0 N–H and O–H groups in total. The van der Waals surface area contributed by atoms with Crippen molar-refractivity contribution in [3.8, 4) is 0 Å². The Morgan fingerprint density at radius 1 is 1.05 bits per heavy atom. The maximum absolute atomic E-state index is 11.2. The summed E-state index contributed by atoms with van der Waals surface area (Å²) in [5.74, 6) is -1.12. The van der Waals surface area contributed by atoms with Gasteiger partial charge >= 0.3 is 41.5 Å². The molecule has 0 radical (unpaired) electrons. The molecule has 0 aromatic rings. The van der Waals surface area contributed by atoms with E-state index in [0.717, 1.165) is 6.42 Å². The molecule has 1 rings (SSSR count). The van der Waals surface area contributed by atoms with Gasteiger partial charge in [0.05, 0.1) is 12.3 Å². The zero-order valence-corrected chi connectivity index (χ0v) is 12.0. The first kappa shape index (κ1) is 19.9. The van der Waals surface area contributed by atoms with E-state index >= 15 is 0 Å². The second-order valence-corrected chi connectivity index (χ2v) is 5.30. The molecule has 0 amide bonds. The number of cyclic esters (lactones) is 2. The minimum absolute atomic E-state index is 0. The molecule has 1 fully saturated rings. The standard InChI is InChI=1S/C16H26O3.Na.H/c1-2-3-4-5-6-7-8-9-10-11-12-14-13-15(17)19-16(14)18;;/h11-12,14H,2-10,13H2,1H3;;. The van der Waals surface area contributed by atoms with Gasteiger partial charge in [0.1, 0.15) is 0 Å². The summed E-state index contributed by atoms with van der Waals surface area (Å²) in [6.45, 7) is 2.24. The molecule has 4 heteroatoms. The topological polar surface area (TPSA) is 43.4 Å². The second-order valence-electron chi connectivity index (χ2n) is 5.30. The summed E-state index contributed by atoms with van der Waals surface area (Å²) < 4.78 is 4.49. The summed E-state index contributed by atoms with van der Waals surface area (Å²) in [6, 6.07) is 0. The normalized spacial score (nSPS) is 18.4. The van der Waals surface area contributed by atoms with Crippen LogP contribution in [0, 0.1) is 5.92 Å². The van der Waals surface area contributed by atoms with E-state index in [1.54, 1.807) is 0 Å². The molecule has 1 unspecified atom stereocenters. The van der Waals surface area contributed by atoms with Crippen LogP contribution in [0.2, 0.25) is 0 Å². The van der Waals surface area contributed by atoms with Gasteiger partial charge < -0.3 is 4.74 Å². The Labute approximate surface area is 144 Å². The van der Waals surface area contributed by atoms with E-state index in [1.807, 2.05) is 12.2 Å². The first-order valence-corrected chi connectivity index (χ1v) is 7.65. The van der Waals surface area contributed by atoms with E-state index in [1.165, 1.54) is 51.4 Å². The SMILES string of the molecule is CCCCCCCCCCC=CC1CC(=O)OC1=O.[NaH]. The van der Waals surface area contributed by atoms with Gasteiger partial charge in [0.25, 0.3) is 0 Å².